The Labute approximate surface area is 143 Å². The second kappa shape index (κ2) is 7.59. The fourth-order valence-corrected chi connectivity index (χ4v) is 2.19. The summed E-state index contributed by atoms with van der Waals surface area (Å²) >= 11 is 0. The Morgan fingerprint density at radius 3 is 2.64 bits per heavy atom. The van der Waals surface area contributed by atoms with E-state index in [4.69, 9.17) is 19.1 Å². The molecule has 0 aliphatic heterocycles. The first-order chi connectivity index (χ1) is 12.2. The van der Waals surface area contributed by atoms with Crippen molar-refractivity contribution >= 4 is 5.97 Å². The van der Waals surface area contributed by atoms with Gasteiger partial charge in [-0.2, -0.15) is 4.98 Å². The third-order valence-corrected chi connectivity index (χ3v) is 3.45. The molecule has 0 fully saturated rings. The maximum atomic E-state index is 11.1. The number of hydrogen-bond acceptors (Lipinski definition) is 6. The normalized spacial score (nSPS) is 10.6. The zero-order valence-corrected chi connectivity index (χ0v) is 13.5. The molecule has 0 spiro atoms. The van der Waals surface area contributed by atoms with Gasteiger partial charge < -0.3 is 19.1 Å². The molecule has 25 heavy (non-hydrogen) atoms. The lowest BCUT2D eigenvalue weighted by Crippen LogP contribution is -2.03. The molecule has 0 saturated carbocycles. The van der Waals surface area contributed by atoms with E-state index in [1.165, 1.54) is 12.1 Å². The number of carbonyl (C=O) groups is 1. The van der Waals surface area contributed by atoms with Crippen LogP contribution in [0.4, 0.5) is 0 Å². The number of benzene rings is 2. The lowest BCUT2D eigenvalue weighted by atomic mass is 10.1. The molecule has 1 heterocycles. The largest absolute Gasteiger partial charge is 0.491 e. The van der Waals surface area contributed by atoms with E-state index in [1.807, 2.05) is 24.3 Å². The number of ether oxygens (including phenoxy) is 2. The van der Waals surface area contributed by atoms with Gasteiger partial charge in [-0.25, -0.2) is 4.79 Å². The van der Waals surface area contributed by atoms with Crippen molar-refractivity contribution in [3.05, 3.63) is 54.1 Å². The molecular weight excluding hydrogens is 324 g/mol. The fourth-order valence-electron chi connectivity index (χ4n) is 2.19. The van der Waals surface area contributed by atoms with Gasteiger partial charge in [0.05, 0.1) is 12.2 Å². The van der Waals surface area contributed by atoms with Crippen molar-refractivity contribution in [3.8, 4) is 28.6 Å². The Balaban J connectivity index is 1.77. The van der Waals surface area contributed by atoms with Gasteiger partial charge in [0.2, 0.25) is 5.82 Å². The maximum absolute atomic E-state index is 11.1. The van der Waals surface area contributed by atoms with Crippen LogP contribution in [0.5, 0.6) is 5.75 Å². The first-order valence-electron chi connectivity index (χ1n) is 7.57. The standard InChI is InChI=1S/C18H16N2O5/c1-23-9-10-24-15-7-5-12(6-8-15)16-19-17(25-20-16)13-3-2-4-14(11-13)18(21)22/h2-8,11H,9-10H2,1H3,(H,21,22). The van der Waals surface area contributed by atoms with E-state index in [-0.39, 0.29) is 11.5 Å². The van der Waals surface area contributed by atoms with E-state index in [1.54, 1.807) is 19.2 Å². The zero-order chi connectivity index (χ0) is 17.6. The average molecular weight is 340 g/mol. The third-order valence-electron chi connectivity index (χ3n) is 3.45. The predicted octanol–water partition coefficient (Wildman–Crippen LogP) is 3.13. The molecule has 7 heteroatoms. The molecule has 2 aromatic carbocycles. The maximum Gasteiger partial charge on any atom is 0.335 e. The molecule has 0 bridgehead atoms. The topological polar surface area (TPSA) is 94.7 Å². The number of carboxylic acids is 1. The monoisotopic (exact) mass is 340 g/mol. The second-order valence-corrected chi connectivity index (χ2v) is 5.17. The molecular formula is C18H16N2O5. The molecule has 0 saturated heterocycles. The molecule has 128 valence electrons. The SMILES string of the molecule is COCCOc1ccc(-c2noc(-c3cccc(C(=O)O)c3)n2)cc1. The van der Waals surface area contributed by atoms with Crippen molar-refractivity contribution in [3.63, 3.8) is 0 Å². The number of aromatic carboxylic acids is 1. The zero-order valence-electron chi connectivity index (χ0n) is 13.5. The lowest BCUT2D eigenvalue weighted by molar-refractivity contribution is 0.0697. The molecule has 3 aromatic rings. The van der Waals surface area contributed by atoms with Crippen molar-refractivity contribution in [1.82, 2.24) is 10.1 Å². The van der Waals surface area contributed by atoms with Crippen molar-refractivity contribution in [2.45, 2.75) is 0 Å². The predicted molar refractivity (Wildman–Crippen MR) is 89.5 cm³/mol. The van der Waals surface area contributed by atoms with Gasteiger partial charge in [-0.1, -0.05) is 11.2 Å². The van der Waals surface area contributed by atoms with Gasteiger partial charge >= 0.3 is 5.97 Å². The summed E-state index contributed by atoms with van der Waals surface area (Å²) in [5, 5.41) is 13.0. The molecule has 7 nitrogen and oxygen atoms in total. The minimum Gasteiger partial charge on any atom is -0.491 e. The van der Waals surface area contributed by atoms with Crippen LogP contribution in [0.1, 0.15) is 10.4 Å². The van der Waals surface area contributed by atoms with E-state index in [0.717, 1.165) is 11.3 Å². The van der Waals surface area contributed by atoms with Crippen LogP contribution in [0, 0.1) is 0 Å². The highest BCUT2D eigenvalue weighted by Gasteiger charge is 2.12. The van der Waals surface area contributed by atoms with Gasteiger partial charge in [-0.15, -0.1) is 0 Å². The number of rotatable bonds is 7. The quantitative estimate of drug-likeness (QED) is 0.660. The average Bonchev–Trinajstić information content (AvgIpc) is 3.13. The van der Waals surface area contributed by atoms with E-state index >= 15 is 0 Å². The lowest BCUT2D eigenvalue weighted by Gasteiger charge is -2.05. The number of methoxy groups -OCH3 is 1. The smallest absolute Gasteiger partial charge is 0.335 e. The Morgan fingerprint density at radius 1 is 1.12 bits per heavy atom. The van der Waals surface area contributed by atoms with E-state index in [0.29, 0.717) is 24.6 Å². The fraction of sp³-hybridized carbons (Fsp3) is 0.167. The molecule has 0 radical (unpaired) electrons. The summed E-state index contributed by atoms with van der Waals surface area (Å²) in [6, 6.07) is 13.6. The summed E-state index contributed by atoms with van der Waals surface area (Å²) in [6.45, 7) is 0.994. The highest BCUT2D eigenvalue weighted by molar-refractivity contribution is 5.89. The summed E-state index contributed by atoms with van der Waals surface area (Å²) in [7, 11) is 1.62. The summed E-state index contributed by atoms with van der Waals surface area (Å²) in [4.78, 5) is 15.4. The van der Waals surface area contributed by atoms with Crippen LogP contribution in [0.3, 0.4) is 0 Å². The van der Waals surface area contributed by atoms with E-state index in [9.17, 15) is 4.79 Å². The molecule has 1 N–H and O–H groups in total. The Hall–Kier alpha value is -3.19. The minimum absolute atomic E-state index is 0.162. The summed E-state index contributed by atoms with van der Waals surface area (Å²) < 4.78 is 15.7. The van der Waals surface area contributed by atoms with E-state index in [2.05, 4.69) is 10.1 Å². The summed E-state index contributed by atoms with van der Waals surface area (Å²) in [5.41, 5.74) is 1.48. The van der Waals surface area contributed by atoms with E-state index < -0.39 is 5.97 Å². The first-order valence-corrected chi connectivity index (χ1v) is 7.57. The Kier molecular flexibility index (Phi) is 5.06. The highest BCUT2D eigenvalue weighted by Crippen LogP contribution is 2.24. The van der Waals surface area contributed by atoms with Crippen LogP contribution in [0.2, 0.25) is 0 Å². The summed E-state index contributed by atoms with van der Waals surface area (Å²) in [6.07, 6.45) is 0. The van der Waals surface area contributed by atoms with Gasteiger partial charge in [-0.05, 0) is 42.5 Å². The number of nitrogens with zero attached hydrogens (tertiary/aromatic N) is 2. The van der Waals surface area contributed by atoms with Crippen molar-refractivity contribution < 1.29 is 23.9 Å². The van der Waals surface area contributed by atoms with Crippen LogP contribution in [-0.2, 0) is 4.74 Å². The molecule has 1 aromatic heterocycles. The first kappa shape index (κ1) is 16.7. The number of aromatic nitrogens is 2. The highest BCUT2D eigenvalue weighted by atomic mass is 16.5. The van der Waals surface area contributed by atoms with Crippen LogP contribution in [0.15, 0.2) is 53.1 Å². The van der Waals surface area contributed by atoms with Gasteiger partial charge in [0, 0.05) is 18.2 Å². The van der Waals surface area contributed by atoms with Crippen molar-refractivity contribution in [2.24, 2.45) is 0 Å². The number of carboxylic acid groups (broad SMARTS) is 1. The minimum atomic E-state index is -1.01. The van der Waals surface area contributed by atoms with Crippen LogP contribution >= 0.6 is 0 Å². The number of hydrogen-bond donors (Lipinski definition) is 1. The Bertz CT molecular complexity index is 858. The molecule has 3 rings (SSSR count). The Morgan fingerprint density at radius 2 is 1.92 bits per heavy atom. The molecule has 0 atom stereocenters. The van der Waals surface area contributed by atoms with Crippen molar-refractivity contribution in [1.29, 1.82) is 0 Å². The molecule has 0 unspecified atom stereocenters. The second-order valence-electron chi connectivity index (χ2n) is 5.17. The van der Waals surface area contributed by atoms with Gasteiger partial charge in [0.1, 0.15) is 12.4 Å². The van der Waals surface area contributed by atoms with Crippen molar-refractivity contribution in [2.75, 3.05) is 20.3 Å². The summed E-state index contributed by atoms with van der Waals surface area (Å²) in [5.74, 6) is 0.391. The van der Waals surface area contributed by atoms with Crippen LogP contribution in [0.25, 0.3) is 22.8 Å². The van der Waals surface area contributed by atoms with Gasteiger partial charge in [0.25, 0.3) is 5.89 Å². The van der Waals surface area contributed by atoms with Crippen LogP contribution < -0.4 is 4.74 Å². The molecule has 0 aliphatic rings. The van der Waals surface area contributed by atoms with Crippen LogP contribution in [-0.4, -0.2) is 41.5 Å². The third kappa shape index (κ3) is 4.02. The molecule has 0 aliphatic carbocycles. The van der Waals surface area contributed by atoms with Gasteiger partial charge in [0.15, 0.2) is 0 Å². The molecule has 0 amide bonds. The van der Waals surface area contributed by atoms with Gasteiger partial charge in [-0.3, -0.25) is 0 Å².